The molecule has 3 aromatic rings. The Kier molecular flexibility index (Phi) is 4.40. The van der Waals surface area contributed by atoms with Crippen molar-refractivity contribution in [2.24, 2.45) is 5.92 Å². The van der Waals surface area contributed by atoms with E-state index in [-0.39, 0.29) is 24.3 Å². The van der Waals surface area contributed by atoms with Crippen molar-refractivity contribution in [2.45, 2.75) is 31.8 Å². The molecule has 0 spiro atoms. The lowest BCUT2D eigenvalue weighted by Crippen LogP contribution is -2.46. The summed E-state index contributed by atoms with van der Waals surface area (Å²) >= 11 is 6.17. The highest BCUT2D eigenvalue weighted by molar-refractivity contribution is 6.30. The summed E-state index contributed by atoms with van der Waals surface area (Å²) in [5, 5.41) is 16.4. The van der Waals surface area contributed by atoms with E-state index in [4.69, 9.17) is 21.5 Å². The lowest BCUT2D eigenvalue weighted by molar-refractivity contribution is -0.132. The third kappa shape index (κ3) is 3.08. The van der Waals surface area contributed by atoms with E-state index in [1.54, 1.807) is 6.07 Å². The molecule has 1 saturated heterocycles. The van der Waals surface area contributed by atoms with Crippen molar-refractivity contribution in [3.05, 3.63) is 76.6 Å². The molecule has 1 amide bonds. The van der Waals surface area contributed by atoms with E-state index >= 15 is 0 Å². The topological polar surface area (TPSA) is 82.2 Å². The molecule has 1 aliphatic carbocycles. The van der Waals surface area contributed by atoms with Crippen molar-refractivity contribution < 1.29 is 9.32 Å². The van der Waals surface area contributed by atoms with Gasteiger partial charge in [0.05, 0.1) is 6.54 Å². The standard InChI is InChI=1S/C23H21ClN4O2/c1-14-10-20(27-30-14)13-28-21(29)23(17-8-9-17,26-22(28)25)18-6-2-4-15(11-18)16-5-3-7-19(24)12-16/h2-7,10-12,17H,8-9,13H2,1H3,(H2,25,26). The maximum absolute atomic E-state index is 13.7. The van der Waals surface area contributed by atoms with E-state index in [0.717, 1.165) is 29.5 Å². The fraction of sp³-hybridized carbons (Fsp3) is 0.261. The molecule has 6 nitrogen and oxygen atoms in total. The predicted octanol–water partition coefficient (Wildman–Crippen LogP) is 4.48. The summed E-state index contributed by atoms with van der Waals surface area (Å²) in [6, 6.07) is 17.4. The summed E-state index contributed by atoms with van der Waals surface area (Å²) in [6.07, 6.45) is 1.90. The molecule has 1 aliphatic heterocycles. The second-order valence-electron chi connectivity index (χ2n) is 7.97. The van der Waals surface area contributed by atoms with Crippen molar-refractivity contribution in [3.63, 3.8) is 0 Å². The van der Waals surface area contributed by atoms with Gasteiger partial charge in [0, 0.05) is 11.1 Å². The Labute approximate surface area is 179 Å². The van der Waals surface area contributed by atoms with E-state index in [0.29, 0.717) is 16.5 Å². The van der Waals surface area contributed by atoms with Gasteiger partial charge in [0.1, 0.15) is 17.0 Å². The first kappa shape index (κ1) is 18.9. The smallest absolute Gasteiger partial charge is 0.260 e. The van der Waals surface area contributed by atoms with Gasteiger partial charge < -0.3 is 9.84 Å². The summed E-state index contributed by atoms with van der Waals surface area (Å²) in [5.74, 6) is 0.822. The molecule has 1 unspecified atom stereocenters. The average molecular weight is 421 g/mol. The van der Waals surface area contributed by atoms with Gasteiger partial charge in [-0.2, -0.15) is 0 Å². The van der Waals surface area contributed by atoms with Crippen LogP contribution in [-0.2, 0) is 16.9 Å². The van der Waals surface area contributed by atoms with Crippen molar-refractivity contribution in [2.75, 3.05) is 0 Å². The van der Waals surface area contributed by atoms with Crippen LogP contribution in [0.25, 0.3) is 11.1 Å². The number of aryl methyl sites for hydroxylation is 1. The Morgan fingerprint density at radius 1 is 1.20 bits per heavy atom. The number of hydrogen-bond donors (Lipinski definition) is 2. The van der Waals surface area contributed by atoms with Gasteiger partial charge in [0.25, 0.3) is 5.91 Å². The molecule has 1 aromatic heterocycles. The zero-order valence-corrected chi connectivity index (χ0v) is 17.2. The molecule has 152 valence electrons. The first-order valence-electron chi connectivity index (χ1n) is 9.95. The molecule has 0 radical (unpaired) electrons. The maximum Gasteiger partial charge on any atom is 0.260 e. The molecule has 2 heterocycles. The first-order valence-corrected chi connectivity index (χ1v) is 10.3. The minimum absolute atomic E-state index is 0.0979. The Bertz CT molecular complexity index is 1150. The summed E-state index contributed by atoms with van der Waals surface area (Å²) in [5.41, 5.74) is 2.56. The number of guanidine groups is 1. The number of carbonyl (C=O) groups excluding carboxylic acids is 1. The number of carbonyl (C=O) groups is 1. The summed E-state index contributed by atoms with van der Waals surface area (Å²) in [6.45, 7) is 2.02. The molecule has 7 heteroatoms. The number of halogens is 1. The van der Waals surface area contributed by atoms with E-state index in [9.17, 15) is 4.79 Å². The van der Waals surface area contributed by atoms with Crippen LogP contribution in [0.4, 0.5) is 0 Å². The SMILES string of the molecule is Cc1cc(CN2C(=N)NC(c3cccc(-c4cccc(Cl)c4)c3)(C3CC3)C2=O)no1. The fourth-order valence-corrected chi connectivity index (χ4v) is 4.45. The molecule has 1 saturated carbocycles. The Morgan fingerprint density at radius 2 is 1.93 bits per heavy atom. The number of benzene rings is 2. The van der Waals surface area contributed by atoms with Gasteiger partial charge in [-0.25, -0.2) is 0 Å². The molecular weight excluding hydrogens is 400 g/mol. The van der Waals surface area contributed by atoms with Crippen LogP contribution in [-0.4, -0.2) is 21.9 Å². The normalized spacial score (nSPS) is 21.2. The van der Waals surface area contributed by atoms with E-state index in [2.05, 4.69) is 10.5 Å². The van der Waals surface area contributed by atoms with Crippen molar-refractivity contribution in [1.82, 2.24) is 15.4 Å². The number of hydrogen-bond acceptors (Lipinski definition) is 4. The van der Waals surface area contributed by atoms with Gasteiger partial charge in [0.15, 0.2) is 5.96 Å². The van der Waals surface area contributed by atoms with Gasteiger partial charge in [-0.05, 0) is 60.6 Å². The number of rotatable bonds is 5. The Hall–Kier alpha value is -3.12. The highest BCUT2D eigenvalue weighted by atomic mass is 35.5. The van der Waals surface area contributed by atoms with Crippen molar-refractivity contribution in [3.8, 4) is 11.1 Å². The largest absolute Gasteiger partial charge is 0.361 e. The predicted molar refractivity (Wildman–Crippen MR) is 114 cm³/mol. The van der Waals surface area contributed by atoms with E-state index in [1.165, 1.54) is 4.90 Å². The minimum atomic E-state index is -0.926. The van der Waals surface area contributed by atoms with E-state index < -0.39 is 5.54 Å². The third-order valence-electron chi connectivity index (χ3n) is 5.83. The van der Waals surface area contributed by atoms with Crippen LogP contribution in [0.2, 0.25) is 5.02 Å². The lowest BCUT2D eigenvalue weighted by Gasteiger charge is -2.28. The van der Waals surface area contributed by atoms with Crippen molar-refractivity contribution >= 4 is 23.5 Å². The zero-order chi connectivity index (χ0) is 20.9. The summed E-state index contributed by atoms with van der Waals surface area (Å²) < 4.78 is 5.13. The summed E-state index contributed by atoms with van der Waals surface area (Å²) in [4.78, 5) is 15.1. The van der Waals surface area contributed by atoms with Gasteiger partial charge in [0.2, 0.25) is 0 Å². The van der Waals surface area contributed by atoms with Gasteiger partial charge in [-0.3, -0.25) is 15.1 Å². The molecule has 2 fully saturated rings. The molecule has 0 bridgehead atoms. The molecule has 2 aliphatic rings. The molecule has 2 aromatic carbocycles. The second-order valence-corrected chi connectivity index (χ2v) is 8.40. The number of amides is 1. The van der Waals surface area contributed by atoms with E-state index in [1.807, 2.05) is 55.5 Å². The van der Waals surface area contributed by atoms with Crippen LogP contribution in [0.3, 0.4) is 0 Å². The van der Waals surface area contributed by atoms with Crippen LogP contribution < -0.4 is 5.32 Å². The van der Waals surface area contributed by atoms with Crippen LogP contribution in [0.1, 0.15) is 29.9 Å². The molecule has 1 atom stereocenters. The fourth-order valence-electron chi connectivity index (χ4n) is 4.26. The highest BCUT2D eigenvalue weighted by Crippen LogP contribution is 2.49. The Balaban J connectivity index is 1.53. The van der Waals surface area contributed by atoms with Gasteiger partial charge in [-0.15, -0.1) is 0 Å². The number of aromatic nitrogens is 1. The van der Waals surface area contributed by atoms with Crippen molar-refractivity contribution in [1.29, 1.82) is 5.41 Å². The summed E-state index contributed by atoms with van der Waals surface area (Å²) in [7, 11) is 0. The Morgan fingerprint density at radius 3 is 2.60 bits per heavy atom. The number of nitrogens with zero attached hydrogens (tertiary/aromatic N) is 2. The monoisotopic (exact) mass is 420 g/mol. The molecule has 2 N–H and O–H groups in total. The highest BCUT2D eigenvalue weighted by Gasteiger charge is 2.59. The lowest BCUT2D eigenvalue weighted by atomic mass is 9.83. The third-order valence-corrected chi connectivity index (χ3v) is 6.07. The maximum atomic E-state index is 13.7. The van der Waals surface area contributed by atoms with Gasteiger partial charge >= 0.3 is 0 Å². The average Bonchev–Trinajstić information content (AvgIpc) is 3.46. The second kappa shape index (κ2) is 6.99. The minimum Gasteiger partial charge on any atom is -0.361 e. The quantitative estimate of drug-likeness (QED) is 0.637. The molecular formula is C23H21ClN4O2. The molecule has 30 heavy (non-hydrogen) atoms. The number of nitrogens with one attached hydrogen (secondary N) is 2. The van der Waals surface area contributed by atoms with Crippen LogP contribution in [0.5, 0.6) is 0 Å². The molecule has 5 rings (SSSR count). The van der Waals surface area contributed by atoms with Crippen LogP contribution >= 0.6 is 11.6 Å². The first-order chi connectivity index (χ1) is 14.5. The van der Waals surface area contributed by atoms with Crippen LogP contribution in [0.15, 0.2) is 59.1 Å². The zero-order valence-electron chi connectivity index (χ0n) is 16.5. The van der Waals surface area contributed by atoms with Gasteiger partial charge in [-0.1, -0.05) is 47.1 Å². The van der Waals surface area contributed by atoms with Crippen LogP contribution in [0, 0.1) is 18.3 Å².